The Morgan fingerprint density at radius 3 is 2.88 bits per heavy atom. The number of nitrogens with zero attached hydrogens (tertiary/aromatic N) is 9. The predicted octanol–water partition coefficient (Wildman–Crippen LogP) is 2.12. The molecule has 0 saturated carbocycles. The van der Waals surface area contributed by atoms with Crippen LogP contribution in [0, 0.1) is 0 Å². The van der Waals surface area contributed by atoms with Gasteiger partial charge in [0.1, 0.15) is 5.54 Å². The van der Waals surface area contributed by atoms with Gasteiger partial charge in [-0.3, -0.25) is 9.36 Å². The molecule has 0 atom stereocenters. The van der Waals surface area contributed by atoms with E-state index in [1.807, 2.05) is 37.9 Å². The van der Waals surface area contributed by atoms with Crippen molar-refractivity contribution in [2.45, 2.75) is 38.3 Å². The molecule has 4 aromatic rings. The van der Waals surface area contributed by atoms with E-state index in [1.54, 1.807) is 15.4 Å². The van der Waals surface area contributed by atoms with Gasteiger partial charge in [-0.05, 0) is 30.5 Å². The Hall–Kier alpha value is -3.73. The number of rotatable bonds is 10. The number of nitrogens with one attached hydrogen (secondary N) is 1. The van der Waals surface area contributed by atoms with Crippen LogP contribution in [-0.4, -0.2) is 72.2 Å². The van der Waals surface area contributed by atoms with Crippen molar-refractivity contribution in [2.24, 2.45) is 4.99 Å². The topological polar surface area (TPSA) is 114 Å². The molecule has 0 aromatic carbocycles. The molecule has 1 fully saturated rings. The fourth-order valence-electron chi connectivity index (χ4n) is 4.37. The monoisotopic (exact) mass is 462 g/mol. The molecule has 1 saturated heterocycles. The molecule has 2 N–H and O–H groups in total. The van der Waals surface area contributed by atoms with E-state index in [0.717, 1.165) is 43.0 Å². The number of aryl methyl sites for hydroxylation is 2. The summed E-state index contributed by atoms with van der Waals surface area (Å²) >= 11 is 0. The summed E-state index contributed by atoms with van der Waals surface area (Å²) in [6.45, 7) is 4.58. The van der Waals surface area contributed by atoms with E-state index in [9.17, 15) is 0 Å². The molecule has 5 heterocycles. The molecule has 178 valence electrons. The minimum absolute atomic E-state index is 0.121. The number of pyridine rings is 1. The maximum atomic E-state index is 9.00. The van der Waals surface area contributed by atoms with Crippen LogP contribution >= 0.6 is 0 Å². The largest absolute Gasteiger partial charge is 0.396 e. The molecular weight excluding hydrogens is 432 g/mol. The first-order chi connectivity index (χ1) is 16.6. The highest BCUT2D eigenvalue weighted by Gasteiger charge is 2.45. The summed E-state index contributed by atoms with van der Waals surface area (Å²) < 4.78 is 5.69. The Morgan fingerprint density at radius 1 is 1.24 bits per heavy atom. The Balaban J connectivity index is 1.36. The Labute approximate surface area is 197 Å². The molecule has 0 spiro atoms. The zero-order valence-electron chi connectivity index (χ0n) is 19.5. The second kappa shape index (κ2) is 9.26. The van der Waals surface area contributed by atoms with Crippen LogP contribution in [0.15, 0.2) is 48.1 Å². The van der Waals surface area contributed by atoms with Gasteiger partial charge in [0.2, 0.25) is 5.95 Å². The Morgan fingerprint density at radius 2 is 2.12 bits per heavy atom. The molecule has 34 heavy (non-hydrogen) atoms. The van der Waals surface area contributed by atoms with Crippen LogP contribution in [0.1, 0.15) is 25.3 Å². The molecular formula is C23H30N10O. The lowest BCUT2D eigenvalue weighted by Crippen LogP contribution is -2.63. The Kier molecular flexibility index (Phi) is 6.01. The molecule has 5 rings (SSSR count). The van der Waals surface area contributed by atoms with Gasteiger partial charge in [0.15, 0.2) is 5.65 Å². The highest BCUT2D eigenvalue weighted by Crippen LogP contribution is 2.37. The summed E-state index contributed by atoms with van der Waals surface area (Å²) in [5.41, 5.74) is 3.76. The van der Waals surface area contributed by atoms with Crippen molar-refractivity contribution in [1.82, 2.24) is 34.2 Å². The van der Waals surface area contributed by atoms with Crippen molar-refractivity contribution in [3.63, 3.8) is 0 Å². The van der Waals surface area contributed by atoms with E-state index in [1.165, 1.54) is 5.56 Å². The first-order valence-corrected chi connectivity index (χ1v) is 11.6. The summed E-state index contributed by atoms with van der Waals surface area (Å²) in [5.74, 6) is 0.513. The molecule has 0 unspecified atom stereocenters. The summed E-state index contributed by atoms with van der Waals surface area (Å²) in [7, 11) is 1.81. The van der Waals surface area contributed by atoms with Gasteiger partial charge >= 0.3 is 0 Å². The number of aliphatic hydroxyl groups is 1. The molecule has 1 aliphatic rings. The second-order valence-electron chi connectivity index (χ2n) is 8.66. The fraction of sp³-hybridized carbons (Fsp3) is 0.435. The minimum Gasteiger partial charge on any atom is -0.396 e. The third-order valence-electron chi connectivity index (χ3n) is 6.27. The maximum Gasteiger partial charge on any atom is 0.247 e. The number of hydrogen-bond acceptors (Lipinski definition) is 8. The number of aromatic nitrogens is 7. The number of hydrogen-bond donors (Lipinski definition) is 2. The van der Waals surface area contributed by atoms with Gasteiger partial charge in [-0.2, -0.15) is 15.2 Å². The van der Waals surface area contributed by atoms with Crippen molar-refractivity contribution in [3.05, 3.63) is 48.7 Å². The van der Waals surface area contributed by atoms with Crippen molar-refractivity contribution >= 4 is 29.2 Å². The lowest BCUT2D eigenvalue weighted by atomic mass is 9.86. The fourth-order valence-corrected chi connectivity index (χ4v) is 4.37. The van der Waals surface area contributed by atoms with Crippen LogP contribution in [0.4, 0.5) is 17.3 Å². The zero-order valence-corrected chi connectivity index (χ0v) is 19.5. The summed E-state index contributed by atoms with van der Waals surface area (Å²) in [4.78, 5) is 11.3. The molecule has 4 aromatic heterocycles. The van der Waals surface area contributed by atoms with Crippen molar-refractivity contribution in [2.75, 3.05) is 37.0 Å². The molecule has 0 aliphatic carbocycles. The first kappa shape index (κ1) is 22.1. The molecule has 11 heteroatoms. The Bertz CT molecular complexity index is 1280. The third kappa shape index (κ3) is 4.14. The zero-order chi connectivity index (χ0) is 23.5. The quantitative estimate of drug-likeness (QED) is 0.347. The van der Waals surface area contributed by atoms with Gasteiger partial charge in [-0.15, -0.1) is 5.10 Å². The molecule has 0 amide bonds. The van der Waals surface area contributed by atoms with Gasteiger partial charge in [0, 0.05) is 64.5 Å². The molecule has 0 radical (unpaired) electrons. The normalized spacial score (nSPS) is 15.3. The second-order valence-corrected chi connectivity index (χ2v) is 8.66. The first-order valence-electron chi connectivity index (χ1n) is 11.6. The number of aliphatic imine (C=N–C) groups is 1. The summed E-state index contributed by atoms with van der Waals surface area (Å²) in [6, 6.07) is 4.07. The lowest BCUT2D eigenvalue weighted by molar-refractivity contribution is 0.204. The number of fused-ring (bicyclic) bond motifs is 1. The van der Waals surface area contributed by atoms with Gasteiger partial charge < -0.3 is 20.3 Å². The standard InChI is InChI=1S/C23H30N10O/c1-3-18-12-26-33(14-18)23(7-8-24-2)16-30(17-23)20-6-4-10-32-21(20)28-22(29-32)27-19-13-25-31(15-19)9-5-11-34/h4,6,8,10,12-15,34H,3,5,7,9,11,16-17H2,1-2H3,(H,27,29). The number of anilines is 3. The van der Waals surface area contributed by atoms with Gasteiger partial charge in [0.25, 0.3) is 0 Å². The van der Waals surface area contributed by atoms with E-state index in [0.29, 0.717) is 18.9 Å². The van der Waals surface area contributed by atoms with E-state index >= 15 is 0 Å². The van der Waals surface area contributed by atoms with Crippen LogP contribution in [0.25, 0.3) is 5.65 Å². The van der Waals surface area contributed by atoms with Gasteiger partial charge in [-0.25, -0.2) is 4.52 Å². The summed E-state index contributed by atoms with van der Waals surface area (Å²) in [5, 5.41) is 25.8. The van der Waals surface area contributed by atoms with Crippen molar-refractivity contribution < 1.29 is 5.11 Å². The van der Waals surface area contributed by atoms with Crippen LogP contribution in [0.5, 0.6) is 0 Å². The van der Waals surface area contributed by atoms with E-state index in [4.69, 9.17) is 10.1 Å². The molecule has 1 aliphatic heterocycles. The van der Waals surface area contributed by atoms with Crippen LogP contribution in [0.3, 0.4) is 0 Å². The third-order valence-corrected chi connectivity index (χ3v) is 6.27. The average molecular weight is 463 g/mol. The van der Waals surface area contributed by atoms with E-state index < -0.39 is 0 Å². The number of aliphatic hydroxyl groups excluding tert-OH is 1. The van der Waals surface area contributed by atoms with Crippen LogP contribution < -0.4 is 10.2 Å². The lowest BCUT2D eigenvalue weighted by Gasteiger charge is -2.50. The van der Waals surface area contributed by atoms with E-state index in [-0.39, 0.29) is 12.1 Å². The average Bonchev–Trinajstić information content (AvgIpc) is 3.57. The minimum atomic E-state index is -0.121. The SMILES string of the molecule is CCc1cnn(C2(CC=NC)CN(c3cccn4nc(Nc5cnn(CCCO)c5)nc34)C2)c1. The van der Waals surface area contributed by atoms with E-state index in [2.05, 4.69) is 54.4 Å². The highest BCUT2D eigenvalue weighted by molar-refractivity contribution is 5.73. The van der Waals surface area contributed by atoms with Gasteiger partial charge in [0.05, 0.1) is 23.8 Å². The highest BCUT2D eigenvalue weighted by atomic mass is 16.3. The van der Waals surface area contributed by atoms with Crippen molar-refractivity contribution in [1.29, 1.82) is 0 Å². The van der Waals surface area contributed by atoms with Crippen molar-refractivity contribution in [3.8, 4) is 0 Å². The maximum absolute atomic E-state index is 9.00. The van der Waals surface area contributed by atoms with Crippen LogP contribution in [-0.2, 0) is 18.5 Å². The molecule has 11 nitrogen and oxygen atoms in total. The van der Waals surface area contributed by atoms with Crippen LogP contribution in [0.2, 0.25) is 0 Å². The predicted molar refractivity (Wildman–Crippen MR) is 131 cm³/mol. The summed E-state index contributed by atoms with van der Waals surface area (Å²) in [6.07, 6.45) is 14.1. The van der Waals surface area contributed by atoms with Gasteiger partial charge in [-0.1, -0.05) is 6.92 Å². The molecule has 0 bridgehead atoms. The smallest absolute Gasteiger partial charge is 0.247 e.